The molecule has 0 saturated carbocycles. The number of nitrogens with zero attached hydrogens (tertiary/aromatic N) is 3. The molecule has 0 aromatic heterocycles. The van der Waals surface area contributed by atoms with Crippen LogP contribution >= 0.6 is 0 Å². The van der Waals surface area contributed by atoms with Crippen LogP contribution in [-0.2, 0) is 36.5 Å². The molecule has 1 aromatic carbocycles. The second-order valence-electron chi connectivity index (χ2n) is 13.2. The van der Waals surface area contributed by atoms with E-state index in [4.69, 9.17) is 23.5 Å². The van der Waals surface area contributed by atoms with E-state index in [0.717, 1.165) is 22.2 Å². The van der Waals surface area contributed by atoms with Crippen LogP contribution in [0.1, 0.15) is 71.2 Å². The highest BCUT2D eigenvalue weighted by atomic mass is 16.7. The molecule has 0 aliphatic carbocycles. The minimum atomic E-state index is -0.620. The number of urea groups is 1. The number of morpholine rings is 2. The Hall–Kier alpha value is -2.34. The van der Waals surface area contributed by atoms with Crippen LogP contribution in [0.15, 0.2) is 12.1 Å². The topological polar surface area (TPSA) is 90.0 Å². The second-order valence-corrected chi connectivity index (χ2v) is 13.2. The van der Waals surface area contributed by atoms with Crippen molar-refractivity contribution < 1.29 is 33.1 Å². The van der Waals surface area contributed by atoms with E-state index in [2.05, 4.69) is 12.1 Å². The van der Waals surface area contributed by atoms with E-state index in [1.165, 1.54) is 0 Å². The molecule has 0 bridgehead atoms. The zero-order valence-electron chi connectivity index (χ0n) is 25.1. The molecule has 5 rings (SSSR count). The molecule has 0 unspecified atom stereocenters. The molecule has 4 aliphatic rings. The summed E-state index contributed by atoms with van der Waals surface area (Å²) in [5, 5.41) is 0. The summed E-state index contributed by atoms with van der Waals surface area (Å²) in [6.07, 6.45) is 0.332. The third-order valence-electron chi connectivity index (χ3n) is 8.59. The Morgan fingerprint density at radius 1 is 0.925 bits per heavy atom. The number of fused-ring (bicyclic) bond motifs is 1. The molecule has 4 heterocycles. The lowest BCUT2D eigenvalue weighted by Gasteiger charge is -2.40. The van der Waals surface area contributed by atoms with Crippen LogP contribution in [0.25, 0.3) is 0 Å². The second kappa shape index (κ2) is 10.8. The molecule has 4 aliphatic heterocycles. The quantitative estimate of drug-likeness (QED) is 0.517. The number of rotatable bonds is 2. The number of benzene rings is 1. The van der Waals surface area contributed by atoms with Crippen molar-refractivity contribution in [3.05, 3.63) is 28.8 Å². The van der Waals surface area contributed by atoms with Gasteiger partial charge in [0.1, 0.15) is 5.60 Å². The Morgan fingerprint density at radius 3 is 2.23 bits per heavy atom. The Bertz CT molecular complexity index is 1110. The molecular formula is C29H44BN3O7. The number of ether oxygens (including phenoxy) is 3. The Morgan fingerprint density at radius 2 is 1.57 bits per heavy atom. The van der Waals surface area contributed by atoms with Crippen molar-refractivity contribution in [2.45, 2.75) is 84.3 Å². The van der Waals surface area contributed by atoms with Crippen LogP contribution in [0, 0.1) is 0 Å². The van der Waals surface area contributed by atoms with Crippen molar-refractivity contribution in [2.24, 2.45) is 0 Å². The van der Waals surface area contributed by atoms with Crippen LogP contribution in [-0.4, -0.2) is 103 Å². The maximum Gasteiger partial charge on any atom is 0.494 e. The van der Waals surface area contributed by atoms with E-state index in [0.29, 0.717) is 65.6 Å². The Kier molecular flexibility index (Phi) is 7.89. The van der Waals surface area contributed by atoms with Crippen LogP contribution in [0.3, 0.4) is 0 Å². The summed E-state index contributed by atoms with van der Waals surface area (Å²) in [4.78, 5) is 32.4. The molecule has 40 heavy (non-hydrogen) atoms. The maximum absolute atomic E-state index is 13.4. The molecule has 3 saturated heterocycles. The third kappa shape index (κ3) is 5.84. The average molecular weight is 557 g/mol. The van der Waals surface area contributed by atoms with Gasteiger partial charge in [-0.2, -0.15) is 0 Å². The van der Waals surface area contributed by atoms with Gasteiger partial charge in [0, 0.05) is 32.7 Å². The van der Waals surface area contributed by atoms with Crippen LogP contribution in [0.4, 0.5) is 9.59 Å². The molecule has 220 valence electrons. The normalized spacial score (nSPS) is 24.6. The molecule has 1 atom stereocenters. The highest BCUT2D eigenvalue weighted by molar-refractivity contribution is 6.62. The van der Waals surface area contributed by atoms with Crippen molar-refractivity contribution in [2.75, 3.05) is 52.6 Å². The van der Waals surface area contributed by atoms with Gasteiger partial charge in [-0.25, -0.2) is 9.59 Å². The summed E-state index contributed by atoms with van der Waals surface area (Å²) in [6, 6.07) is 3.90. The lowest BCUT2D eigenvalue weighted by molar-refractivity contribution is -0.0334. The van der Waals surface area contributed by atoms with Crippen LogP contribution in [0.5, 0.6) is 0 Å². The van der Waals surface area contributed by atoms with Gasteiger partial charge in [-0.1, -0.05) is 12.1 Å². The maximum atomic E-state index is 13.4. The van der Waals surface area contributed by atoms with E-state index in [1.54, 1.807) is 4.90 Å². The molecule has 1 aromatic rings. The minimum absolute atomic E-state index is 0.0267. The van der Waals surface area contributed by atoms with Crippen LogP contribution in [0.2, 0.25) is 0 Å². The monoisotopic (exact) mass is 557 g/mol. The van der Waals surface area contributed by atoms with Crippen molar-refractivity contribution in [1.82, 2.24) is 14.7 Å². The van der Waals surface area contributed by atoms with Gasteiger partial charge in [0.25, 0.3) is 0 Å². The standard InChI is InChI=1S/C29H44BN3O7/c1-27(2,3)38-26(35)33-12-15-37-19-24(33)22-17-21(30-39-28(4,5)29(6,7)40-30)16-20-8-9-32(18-23(20)22)25(34)31-10-13-36-14-11-31/h16-17,24H,8-15,18-19H2,1-7H3/t24-/m0/s1. The molecule has 11 heteroatoms. The smallest absolute Gasteiger partial charge is 0.444 e. The first-order valence-electron chi connectivity index (χ1n) is 14.5. The Balaban J connectivity index is 1.52. The fraction of sp³-hybridized carbons (Fsp3) is 0.724. The van der Waals surface area contributed by atoms with Crippen molar-refractivity contribution in [3.8, 4) is 0 Å². The third-order valence-corrected chi connectivity index (χ3v) is 8.59. The zero-order valence-corrected chi connectivity index (χ0v) is 25.1. The number of amides is 3. The van der Waals surface area contributed by atoms with Crippen molar-refractivity contribution >= 4 is 24.7 Å². The summed E-state index contributed by atoms with van der Waals surface area (Å²) < 4.78 is 30.0. The van der Waals surface area contributed by atoms with Gasteiger partial charge >= 0.3 is 19.2 Å². The summed E-state index contributed by atoms with van der Waals surface area (Å²) in [5.41, 5.74) is 2.48. The molecule has 0 radical (unpaired) electrons. The van der Waals surface area contributed by atoms with Gasteiger partial charge in [-0.3, -0.25) is 4.90 Å². The molecule has 0 spiro atoms. The Labute approximate surface area is 238 Å². The van der Waals surface area contributed by atoms with Crippen LogP contribution < -0.4 is 5.46 Å². The largest absolute Gasteiger partial charge is 0.494 e. The van der Waals surface area contributed by atoms with E-state index in [9.17, 15) is 9.59 Å². The number of carbonyl (C=O) groups excluding carboxylic acids is 2. The van der Waals surface area contributed by atoms with Crippen molar-refractivity contribution in [1.29, 1.82) is 0 Å². The fourth-order valence-electron chi connectivity index (χ4n) is 5.65. The SMILES string of the molecule is CC(C)(C)OC(=O)N1CCOC[C@H]1c1cc(B2OC(C)(C)C(C)(C)O2)cc2c1CN(C(=O)N1CCOCC1)CC2. The van der Waals surface area contributed by atoms with Gasteiger partial charge in [-0.05, 0) is 77.0 Å². The number of hydrogen-bond acceptors (Lipinski definition) is 7. The highest BCUT2D eigenvalue weighted by Crippen LogP contribution is 2.38. The van der Waals surface area contributed by atoms with E-state index >= 15 is 0 Å². The highest BCUT2D eigenvalue weighted by Gasteiger charge is 2.52. The van der Waals surface area contributed by atoms with E-state index in [-0.39, 0.29) is 18.2 Å². The van der Waals surface area contributed by atoms with Crippen molar-refractivity contribution in [3.63, 3.8) is 0 Å². The van der Waals surface area contributed by atoms with Gasteiger partial charge < -0.3 is 33.3 Å². The predicted octanol–water partition coefficient (Wildman–Crippen LogP) is 3.10. The number of hydrogen-bond donors (Lipinski definition) is 0. The van der Waals surface area contributed by atoms with Gasteiger partial charge in [0.2, 0.25) is 0 Å². The molecule has 10 nitrogen and oxygen atoms in total. The van der Waals surface area contributed by atoms with Gasteiger partial charge in [0.05, 0.1) is 43.7 Å². The first-order valence-corrected chi connectivity index (χ1v) is 14.5. The lowest BCUT2D eigenvalue weighted by atomic mass is 9.74. The molecular weight excluding hydrogens is 513 g/mol. The summed E-state index contributed by atoms with van der Waals surface area (Å²) in [7, 11) is -0.540. The first kappa shape index (κ1) is 29.2. The van der Waals surface area contributed by atoms with Gasteiger partial charge in [-0.15, -0.1) is 0 Å². The zero-order chi connectivity index (χ0) is 28.9. The first-order chi connectivity index (χ1) is 18.8. The summed E-state index contributed by atoms with van der Waals surface area (Å²) in [6.45, 7) is 18.4. The van der Waals surface area contributed by atoms with E-state index < -0.39 is 23.9 Å². The minimum Gasteiger partial charge on any atom is -0.444 e. The van der Waals surface area contributed by atoms with Gasteiger partial charge in [0.15, 0.2) is 0 Å². The predicted molar refractivity (Wildman–Crippen MR) is 151 cm³/mol. The number of carbonyl (C=O) groups is 2. The fourth-order valence-corrected chi connectivity index (χ4v) is 5.65. The summed E-state index contributed by atoms with van der Waals surface area (Å²) >= 11 is 0. The lowest BCUT2D eigenvalue weighted by Crippen LogP contribution is -2.50. The van der Waals surface area contributed by atoms with E-state index in [1.807, 2.05) is 58.3 Å². The summed E-state index contributed by atoms with van der Waals surface area (Å²) in [5.74, 6) is 0. The molecule has 0 N–H and O–H groups in total. The molecule has 3 fully saturated rings. The average Bonchev–Trinajstić information content (AvgIpc) is 3.13. The molecule has 3 amide bonds.